The molecule has 2 aromatic carbocycles. The lowest BCUT2D eigenvalue weighted by atomic mass is 10.2. The van der Waals surface area contributed by atoms with Crippen molar-refractivity contribution in [3.8, 4) is 23.0 Å². The van der Waals surface area contributed by atoms with Gasteiger partial charge >= 0.3 is 11.8 Å². The molecule has 0 aliphatic heterocycles. The van der Waals surface area contributed by atoms with E-state index >= 15 is 0 Å². The number of carbonyl (C=O) groups excluding carboxylic acids is 1. The third kappa shape index (κ3) is 3.48. The Morgan fingerprint density at radius 3 is 2.58 bits per heavy atom. The first-order valence-corrected chi connectivity index (χ1v) is 8.03. The zero-order valence-corrected chi connectivity index (χ0v) is 15.1. The van der Waals surface area contributed by atoms with E-state index in [2.05, 4.69) is 15.5 Å². The van der Waals surface area contributed by atoms with Crippen LogP contribution in [0.1, 0.15) is 16.2 Å². The molecule has 0 radical (unpaired) electrons. The minimum absolute atomic E-state index is 0.180. The van der Waals surface area contributed by atoms with E-state index in [1.807, 2.05) is 19.1 Å². The molecule has 0 aliphatic carbocycles. The van der Waals surface area contributed by atoms with Crippen molar-refractivity contribution < 1.29 is 18.7 Å². The van der Waals surface area contributed by atoms with Crippen molar-refractivity contribution in [2.45, 2.75) is 6.92 Å². The van der Waals surface area contributed by atoms with Crippen molar-refractivity contribution in [3.63, 3.8) is 0 Å². The topological polar surface area (TPSA) is 86.5 Å². The number of rotatable bonds is 5. The molecule has 1 amide bonds. The van der Waals surface area contributed by atoms with E-state index in [-0.39, 0.29) is 11.8 Å². The summed E-state index contributed by atoms with van der Waals surface area (Å²) in [4.78, 5) is 12.5. The summed E-state index contributed by atoms with van der Waals surface area (Å²) in [5.74, 6) is 0.447. The van der Waals surface area contributed by atoms with Crippen molar-refractivity contribution >= 4 is 23.2 Å². The number of anilines is 1. The van der Waals surface area contributed by atoms with Crippen LogP contribution in [0.3, 0.4) is 0 Å². The summed E-state index contributed by atoms with van der Waals surface area (Å²) >= 11 is 6.07. The molecule has 3 aromatic rings. The Morgan fingerprint density at radius 2 is 1.85 bits per heavy atom. The highest BCUT2D eigenvalue weighted by atomic mass is 35.5. The van der Waals surface area contributed by atoms with E-state index in [1.165, 1.54) is 14.2 Å². The molecule has 26 heavy (non-hydrogen) atoms. The Bertz CT molecular complexity index is 955. The van der Waals surface area contributed by atoms with Gasteiger partial charge < -0.3 is 19.2 Å². The van der Waals surface area contributed by atoms with Gasteiger partial charge in [0.15, 0.2) is 0 Å². The molecule has 0 atom stereocenters. The van der Waals surface area contributed by atoms with Gasteiger partial charge in [-0.05, 0) is 30.7 Å². The molecule has 0 saturated carbocycles. The average Bonchev–Trinajstić information content (AvgIpc) is 3.14. The van der Waals surface area contributed by atoms with Crippen LogP contribution in [-0.4, -0.2) is 30.3 Å². The molecular weight excluding hydrogens is 358 g/mol. The molecule has 8 heteroatoms. The molecule has 0 unspecified atom stereocenters. The SMILES string of the molecule is COc1cc(Cl)c(C)cc1NC(=O)c1nnc(-c2ccccc2OC)o1. The first kappa shape index (κ1) is 17.8. The Morgan fingerprint density at radius 1 is 1.12 bits per heavy atom. The summed E-state index contributed by atoms with van der Waals surface area (Å²) < 4.78 is 16.0. The van der Waals surface area contributed by atoms with Crippen LogP contribution in [0.25, 0.3) is 11.5 Å². The highest BCUT2D eigenvalue weighted by molar-refractivity contribution is 6.31. The van der Waals surface area contributed by atoms with Gasteiger partial charge in [0, 0.05) is 11.1 Å². The van der Waals surface area contributed by atoms with E-state index in [1.54, 1.807) is 24.3 Å². The normalized spacial score (nSPS) is 10.5. The van der Waals surface area contributed by atoms with Crippen molar-refractivity contribution in [1.29, 1.82) is 0 Å². The number of benzene rings is 2. The number of carbonyl (C=O) groups is 1. The lowest BCUT2D eigenvalue weighted by molar-refractivity contribution is 0.0990. The third-order valence-corrected chi connectivity index (χ3v) is 4.09. The molecule has 1 N–H and O–H groups in total. The van der Waals surface area contributed by atoms with Gasteiger partial charge in [-0.15, -0.1) is 10.2 Å². The van der Waals surface area contributed by atoms with E-state index < -0.39 is 5.91 Å². The minimum atomic E-state index is -0.557. The predicted molar refractivity (Wildman–Crippen MR) is 97.0 cm³/mol. The van der Waals surface area contributed by atoms with Gasteiger partial charge in [-0.1, -0.05) is 23.7 Å². The minimum Gasteiger partial charge on any atom is -0.496 e. The largest absolute Gasteiger partial charge is 0.496 e. The molecule has 7 nitrogen and oxygen atoms in total. The number of nitrogens with zero attached hydrogens (tertiary/aromatic N) is 2. The molecule has 1 aromatic heterocycles. The van der Waals surface area contributed by atoms with Gasteiger partial charge in [0.25, 0.3) is 5.89 Å². The number of amides is 1. The predicted octanol–water partition coefficient (Wildman–Crippen LogP) is 3.97. The van der Waals surface area contributed by atoms with Gasteiger partial charge in [-0.3, -0.25) is 4.79 Å². The molecule has 134 valence electrons. The second-order valence-corrected chi connectivity index (χ2v) is 5.78. The van der Waals surface area contributed by atoms with E-state index in [4.69, 9.17) is 25.5 Å². The zero-order valence-electron chi connectivity index (χ0n) is 14.4. The number of hydrogen-bond donors (Lipinski definition) is 1. The molecule has 0 fully saturated rings. The second-order valence-electron chi connectivity index (χ2n) is 5.37. The standard InChI is InChI=1S/C18H16ClN3O4/c1-10-8-13(15(25-3)9-12(10)19)20-16(23)18-22-21-17(26-18)11-6-4-5-7-14(11)24-2/h4-9H,1-3H3,(H,20,23). The summed E-state index contributed by atoms with van der Waals surface area (Å²) in [6, 6.07) is 10.5. The van der Waals surface area contributed by atoms with Crippen LogP contribution < -0.4 is 14.8 Å². The Labute approximate surface area is 154 Å². The number of para-hydroxylation sites is 1. The fraction of sp³-hybridized carbons (Fsp3) is 0.167. The first-order chi connectivity index (χ1) is 12.5. The molecular formula is C18H16ClN3O4. The summed E-state index contributed by atoms with van der Waals surface area (Å²) in [7, 11) is 3.03. The number of aromatic nitrogens is 2. The second kappa shape index (κ2) is 7.45. The van der Waals surface area contributed by atoms with Gasteiger partial charge in [-0.25, -0.2) is 0 Å². The van der Waals surface area contributed by atoms with Crippen molar-refractivity contribution in [2.24, 2.45) is 0 Å². The maximum Gasteiger partial charge on any atom is 0.313 e. The van der Waals surface area contributed by atoms with Gasteiger partial charge in [-0.2, -0.15) is 0 Å². The zero-order chi connectivity index (χ0) is 18.7. The molecule has 3 rings (SSSR count). The molecule has 0 aliphatic rings. The van der Waals surface area contributed by atoms with Gasteiger partial charge in [0.1, 0.15) is 11.5 Å². The first-order valence-electron chi connectivity index (χ1n) is 7.66. The van der Waals surface area contributed by atoms with Crippen molar-refractivity contribution in [1.82, 2.24) is 10.2 Å². The number of ether oxygens (including phenoxy) is 2. The summed E-state index contributed by atoms with van der Waals surface area (Å²) in [6.45, 7) is 1.82. The number of nitrogens with one attached hydrogen (secondary N) is 1. The molecule has 1 heterocycles. The lowest BCUT2D eigenvalue weighted by Gasteiger charge is -2.11. The lowest BCUT2D eigenvalue weighted by Crippen LogP contribution is -2.13. The maximum atomic E-state index is 12.5. The van der Waals surface area contributed by atoms with E-state index in [0.717, 1.165) is 5.56 Å². The van der Waals surface area contributed by atoms with Crippen LogP contribution in [0.2, 0.25) is 5.02 Å². The number of hydrogen-bond acceptors (Lipinski definition) is 6. The summed E-state index contributed by atoms with van der Waals surface area (Å²) in [6.07, 6.45) is 0. The van der Waals surface area contributed by atoms with Crippen molar-refractivity contribution in [2.75, 3.05) is 19.5 Å². The van der Waals surface area contributed by atoms with Gasteiger partial charge in [0.2, 0.25) is 0 Å². The van der Waals surface area contributed by atoms with Crippen LogP contribution in [0, 0.1) is 6.92 Å². The number of aryl methyl sites for hydroxylation is 1. The Balaban J connectivity index is 1.86. The fourth-order valence-corrected chi connectivity index (χ4v) is 2.50. The van der Waals surface area contributed by atoms with E-state index in [9.17, 15) is 4.79 Å². The van der Waals surface area contributed by atoms with Crippen LogP contribution >= 0.6 is 11.6 Å². The average molecular weight is 374 g/mol. The van der Waals surface area contributed by atoms with Crippen LogP contribution in [-0.2, 0) is 0 Å². The highest BCUT2D eigenvalue weighted by Crippen LogP contribution is 2.32. The smallest absolute Gasteiger partial charge is 0.313 e. The fourth-order valence-electron chi connectivity index (χ4n) is 2.35. The molecule has 0 bridgehead atoms. The van der Waals surface area contributed by atoms with Gasteiger partial charge in [0.05, 0.1) is 25.5 Å². The maximum absolute atomic E-state index is 12.5. The quantitative estimate of drug-likeness (QED) is 0.728. The summed E-state index contributed by atoms with van der Waals surface area (Å²) in [5, 5.41) is 11.0. The Kier molecular flexibility index (Phi) is 5.09. The Hall–Kier alpha value is -3.06. The molecule has 0 saturated heterocycles. The monoisotopic (exact) mass is 373 g/mol. The van der Waals surface area contributed by atoms with E-state index in [0.29, 0.717) is 27.8 Å². The number of methoxy groups -OCH3 is 2. The van der Waals surface area contributed by atoms with Crippen LogP contribution in [0.5, 0.6) is 11.5 Å². The molecule has 0 spiro atoms. The third-order valence-electron chi connectivity index (χ3n) is 3.69. The summed E-state index contributed by atoms with van der Waals surface area (Å²) in [5.41, 5.74) is 1.85. The highest BCUT2D eigenvalue weighted by Gasteiger charge is 2.19. The number of halogens is 1. The van der Waals surface area contributed by atoms with Crippen LogP contribution in [0.4, 0.5) is 5.69 Å². The van der Waals surface area contributed by atoms with Crippen molar-refractivity contribution in [3.05, 3.63) is 52.9 Å². The van der Waals surface area contributed by atoms with Crippen LogP contribution in [0.15, 0.2) is 40.8 Å².